The Balaban J connectivity index is 1.55. The molecule has 0 spiro atoms. The number of anilines is 2. The Bertz CT molecular complexity index is 1040. The Morgan fingerprint density at radius 3 is 2.47 bits per heavy atom. The van der Waals surface area contributed by atoms with Crippen LogP contribution >= 0.6 is 11.8 Å². The number of hydrogen-bond acceptors (Lipinski definition) is 4. The molecule has 1 N–H and O–H groups in total. The van der Waals surface area contributed by atoms with Gasteiger partial charge in [-0.05, 0) is 42.0 Å². The number of amides is 2. The maximum atomic E-state index is 13.1. The van der Waals surface area contributed by atoms with Crippen LogP contribution in [0, 0.1) is 0 Å². The Morgan fingerprint density at radius 2 is 1.73 bits per heavy atom. The van der Waals surface area contributed by atoms with E-state index in [4.69, 9.17) is 4.74 Å². The average molecular weight is 419 g/mol. The summed E-state index contributed by atoms with van der Waals surface area (Å²) in [5, 5.41) is 2.87. The van der Waals surface area contributed by atoms with Gasteiger partial charge in [-0.25, -0.2) is 0 Å². The van der Waals surface area contributed by atoms with Crippen LogP contribution in [0.1, 0.15) is 17.2 Å². The SMILES string of the molecule is COc1ccc(NC(=O)CN2C(=O)C[C@H](c3ccccc3)Sc3ccccc32)cc1. The van der Waals surface area contributed by atoms with Gasteiger partial charge in [0.25, 0.3) is 0 Å². The molecule has 1 aliphatic heterocycles. The lowest BCUT2D eigenvalue weighted by Gasteiger charge is -2.22. The highest BCUT2D eigenvalue weighted by Crippen LogP contribution is 2.45. The van der Waals surface area contributed by atoms with Crippen molar-refractivity contribution in [1.82, 2.24) is 0 Å². The first kappa shape index (κ1) is 20.0. The molecule has 2 amide bonds. The molecule has 0 aromatic heterocycles. The topological polar surface area (TPSA) is 58.6 Å². The minimum Gasteiger partial charge on any atom is -0.497 e. The number of methoxy groups -OCH3 is 1. The van der Waals surface area contributed by atoms with Crippen LogP contribution in [0.3, 0.4) is 0 Å². The minimum absolute atomic E-state index is 0.00880. The highest BCUT2D eigenvalue weighted by atomic mass is 32.2. The van der Waals surface area contributed by atoms with Gasteiger partial charge in [0.05, 0.1) is 12.8 Å². The first-order valence-electron chi connectivity index (χ1n) is 9.69. The normalized spacial score (nSPS) is 15.8. The largest absolute Gasteiger partial charge is 0.497 e. The molecule has 3 aromatic carbocycles. The zero-order valence-electron chi connectivity index (χ0n) is 16.6. The Hall–Kier alpha value is -3.25. The molecule has 0 saturated carbocycles. The molecule has 1 aliphatic rings. The maximum absolute atomic E-state index is 13.1. The van der Waals surface area contributed by atoms with Crippen LogP contribution in [0.5, 0.6) is 5.75 Å². The van der Waals surface area contributed by atoms with Crippen molar-refractivity contribution < 1.29 is 14.3 Å². The molecule has 4 rings (SSSR count). The summed E-state index contributed by atoms with van der Waals surface area (Å²) < 4.78 is 5.14. The lowest BCUT2D eigenvalue weighted by Crippen LogP contribution is -2.38. The van der Waals surface area contributed by atoms with Gasteiger partial charge < -0.3 is 15.0 Å². The lowest BCUT2D eigenvalue weighted by molar-refractivity contribution is -0.121. The molecule has 0 bridgehead atoms. The van der Waals surface area contributed by atoms with Gasteiger partial charge in [0.2, 0.25) is 11.8 Å². The van der Waals surface area contributed by atoms with Crippen molar-refractivity contribution >= 4 is 35.0 Å². The average Bonchev–Trinajstić information content (AvgIpc) is 2.91. The number of ether oxygens (including phenoxy) is 1. The molecule has 0 fully saturated rings. The smallest absolute Gasteiger partial charge is 0.244 e. The fourth-order valence-corrected chi connectivity index (χ4v) is 4.71. The third-order valence-electron chi connectivity index (χ3n) is 4.93. The van der Waals surface area contributed by atoms with E-state index in [0.29, 0.717) is 17.9 Å². The van der Waals surface area contributed by atoms with E-state index >= 15 is 0 Å². The molecule has 152 valence electrons. The van der Waals surface area contributed by atoms with Crippen LogP contribution in [0.25, 0.3) is 0 Å². The van der Waals surface area contributed by atoms with Crippen LogP contribution < -0.4 is 15.0 Å². The lowest BCUT2D eigenvalue weighted by atomic mass is 10.1. The van der Waals surface area contributed by atoms with Crippen LogP contribution in [-0.4, -0.2) is 25.5 Å². The summed E-state index contributed by atoms with van der Waals surface area (Å²) in [6.45, 7) is -0.0378. The van der Waals surface area contributed by atoms with Crippen molar-refractivity contribution in [2.75, 3.05) is 23.9 Å². The van der Waals surface area contributed by atoms with Gasteiger partial charge in [-0.3, -0.25) is 9.59 Å². The molecule has 6 heteroatoms. The highest BCUT2D eigenvalue weighted by Gasteiger charge is 2.30. The molecule has 0 aliphatic carbocycles. The van der Waals surface area contributed by atoms with Gasteiger partial charge in [0.1, 0.15) is 12.3 Å². The summed E-state index contributed by atoms with van der Waals surface area (Å²) in [5.74, 6) is 0.409. The highest BCUT2D eigenvalue weighted by molar-refractivity contribution is 7.99. The monoisotopic (exact) mass is 418 g/mol. The molecule has 1 atom stereocenters. The number of thioether (sulfide) groups is 1. The van der Waals surface area contributed by atoms with Gasteiger partial charge in [0, 0.05) is 22.3 Å². The van der Waals surface area contributed by atoms with E-state index in [1.54, 1.807) is 48.0 Å². The van der Waals surface area contributed by atoms with E-state index < -0.39 is 0 Å². The van der Waals surface area contributed by atoms with Gasteiger partial charge in [-0.2, -0.15) is 0 Å². The van der Waals surface area contributed by atoms with E-state index in [9.17, 15) is 9.59 Å². The molecular weight excluding hydrogens is 396 g/mol. The van der Waals surface area contributed by atoms with Crippen LogP contribution in [-0.2, 0) is 9.59 Å². The van der Waals surface area contributed by atoms with Crippen molar-refractivity contribution in [3.05, 3.63) is 84.4 Å². The number of hydrogen-bond donors (Lipinski definition) is 1. The predicted octanol–water partition coefficient (Wildman–Crippen LogP) is 4.90. The Kier molecular flexibility index (Phi) is 6.05. The second-order valence-corrected chi connectivity index (χ2v) is 8.19. The van der Waals surface area contributed by atoms with Crippen LogP contribution in [0.15, 0.2) is 83.8 Å². The molecule has 0 saturated heterocycles. The zero-order chi connectivity index (χ0) is 20.9. The number of carbonyl (C=O) groups is 2. The maximum Gasteiger partial charge on any atom is 0.244 e. The molecule has 0 unspecified atom stereocenters. The van der Waals surface area contributed by atoms with E-state index in [2.05, 4.69) is 5.32 Å². The van der Waals surface area contributed by atoms with Crippen molar-refractivity contribution in [1.29, 1.82) is 0 Å². The van der Waals surface area contributed by atoms with Crippen molar-refractivity contribution in [2.24, 2.45) is 0 Å². The fourth-order valence-electron chi connectivity index (χ4n) is 3.42. The number of carbonyl (C=O) groups excluding carboxylic acids is 2. The second-order valence-electron chi connectivity index (χ2n) is 6.95. The van der Waals surface area contributed by atoms with Crippen molar-refractivity contribution in [2.45, 2.75) is 16.6 Å². The third-order valence-corrected chi connectivity index (χ3v) is 6.26. The number of rotatable bonds is 5. The summed E-state index contributed by atoms with van der Waals surface area (Å²) >= 11 is 1.67. The fraction of sp³-hybridized carbons (Fsp3) is 0.167. The first-order chi connectivity index (χ1) is 14.6. The van der Waals surface area contributed by atoms with E-state index in [0.717, 1.165) is 16.1 Å². The van der Waals surface area contributed by atoms with Crippen LogP contribution in [0.4, 0.5) is 11.4 Å². The van der Waals surface area contributed by atoms with Gasteiger partial charge in [-0.15, -0.1) is 11.8 Å². The minimum atomic E-state index is -0.244. The molecular formula is C24H22N2O3S. The number of nitrogens with one attached hydrogen (secondary N) is 1. The summed E-state index contributed by atoms with van der Waals surface area (Å²) in [4.78, 5) is 28.4. The number of benzene rings is 3. The number of fused-ring (bicyclic) bond motifs is 1. The van der Waals surface area contributed by atoms with Crippen molar-refractivity contribution in [3.63, 3.8) is 0 Å². The molecule has 0 radical (unpaired) electrons. The standard InChI is InChI=1S/C24H22N2O3S/c1-29-19-13-11-18(12-14-19)25-23(27)16-26-20-9-5-6-10-21(20)30-22(15-24(26)28)17-7-3-2-4-8-17/h2-14,22H,15-16H2,1H3,(H,25,27)/t22-/m1/s1. The Labute approximate surface area is 180 Å². The quantitative estimate of drug-likeness (QED) is 0.640. The van der Waals surface area contributed by atoms with Crippen LogP contribution in [0.2, 0.25) is 0 Å². The first-order valence-corrected chi connectivity index (χ1v) is 10.6. The van der Waals surface area contributed by atoms with Gasteiger partial charge in [-0.1, -0.05) is 42.5 Å². The van der Waals surface area contributed by atoms with Gasteiger partial charge >= 0.3 is 0 Å². The van der Waals surface area contributed by atoms with Gasteiger partial charge in [0.15, 0.2) is 0 Å². The molecule has 1 heterocycles. The summed E-state index contributed by atoms with van der Waals surface area (Å²) in [5.41, 5.74) is 2.54. The summed E-state index contributed by atoms with van der Waals surface area (Å²) in [6, 6.07) is 24.9. The molecule has 5 nitrogen and oxygen atoms in total. The zero-order valence-corrected chi connectivity index (χ0v) is 17.4. The molecule has 30 heavy (non-hydrogen) atoms. The number of para-hydroxylation sites is 1. The summed E-state index contributed by atoms with van der Waals surface area (Å²) in [7, 11) is 1.59. The van der Waals surface area contributed by atoms with E-state index in [-0.39, 0.29) is 23.6 Å². The Morgan fingerprint density at radius 1 is 1.03 bits per heavy atom. The number of nitrogens with zero attached hydrogens (tertiary/aromatic N) is 1. The molecule has 3 aromatic rings. The van der Waals surface area contributed by atoms with E-state index in [1.165, 1.54) is 0 Å². The predicted molar refractivity (Wildman–Crippen MR) is 120 cm³/mol. The van der Waals surface area contributed by atoms with E-state index in [1.807, 2.05) is 54.6 Å². The third kappa shape index (κ3) is 4.49. The second kappa shape index (κ2) is 9.05. The summed E-state index contributed by atoms with van der Waals surface area (Å²) in [6.07, 6.45) is 0.333. The van der Waals surface area contributed by atoms with Crippen molar-refractivity contribution in [3.8, 4) is 5.75 Å².